The number of nitrogens with one attached hydrogen (secondary N) is 1. The Labute approximate surface area is 122 Å². The molecule has 8 heteroatoms. The largest absolute Gasteiger partial charge is 0.379 e. The van der Waals surface area contributed by atoms with Gasteiger partial charge in [0.05, 0.1) is 30.5 Å². The summed E-state index contributed by atoms with van der Waals surface area (Å²) in [6, 6.07) is 0. The Morgan fingerprint density at radius 3 is 2.95 bits per heavy atom. The zero-order valence-corrected chi connectivity index (χ0v) is 12.4. The van der Waals surface area contributed by atoms with Crippen LogP contribution >= 0.6 is 11.3 Å². The van der Waals surface area contributed by atoms with Gasteiger partial charge in [0, 0.05) is 33.2 Å². The summed E-state index contributed by atoms with van der Waals surface area (Å²) < 4.78 is 10.4. The molecule has 0 bridgehead atoms. The summed E-state index contributed by atoms with van der Waals surface area (Å²) in [5.74, 6) is 4.87. The number of morpholine rings is 1. The van der Waals surface area contributed by atoms with E-state index in [1.54, 1.807) is 7.11 Å². The van der Waals surface area contributed by atoms with Crippen LogP contribution in [-0.2, 0) is 22.5 Å². The number of aromatic nitrogens is 1. The van der Waals surface area contributed by atoms with Crippen molar-refractivity contribution in [2.45, 2.75) is 13.0 Å². The van der Waals surface area contributed by atoms with Crippen LogP contribution in [0.25, 0.3) is 0 Å². The topological polar surface area (TPSA) is 89.7 Å². The van der Waals surface area contributed by atoms with Crippen molar-refractivity contribution >= 4 is 17.2 Å². The second-order valence-corrected chi connectivity index (χ2v) is 5.58. The predicted octanol–water partition coefficient (Wildman–Crippen LogP) is -0.232. The fraction of sp³-hybridized carbons (Fsp3) is 0.667. The van der Waals surface area contributed by atoms with E-state index in [2.05, 4.69) is 15.3 Å². The van der Waals surface area contributed by atoms with Crippen molar-refractivity contribution in [1.82, 2.24) is 15.3 Å². The molecular formula is C12H20N4O3S. The molecule has 1 aliphatic heterocycles. The predicted molar refractivity (Wildman–Crippen MR) is 75.4 cm³/mol. The molecule has 2 rings (SSSR count). The number of ether oxygens (including phenoxy) is 2. The number of nitrogens with zero attached hydrogens (tertiary/aromatic N) is 2. The average Bonchev–Trinajstić information content (AvgIpc) is 2.89. The number of nitrogen functional groups attached to an aromatic ring is 1. The maximum Gasteiger partial charge on any atom is 0.277 e. The summed E-state index contributed by atoms with van der Waals surface area (Å²) in [5, 5.41) is 0.933. The van der Waals surface area contributed by atoms with E-state index in [0.29, 0.717) is 17.2 Å². The lowest BCUT2D eigenvalue weighted by atomic mass is 10.3. The van der Waals surface area contributed by atoms with Gasteiger partial charge in [-0.25, -0.2) is 10.8 Å². The van der Waals surface area contributed by atoms with E-state index in [0.717, 1.165) is 44.3 Å². The Morgan fingerprint density at radius 1 is 1.55 bits per heavy atom. The molecule has 0 aliphatic carbocycles. The fourth-order valence-corrected chi connectivity index (χ4v) is 3.02. The van der Waals surface area contributed by atoms with Gasteiger partial charge in [-0.2, -0.15) is 0 Å². The summed E-state index contributed by atoms with van der Waals surface area (Å²) in [7, 11) is 1.58. The first-order valence-corrected chi connectivity index (χ1v) is 7.34. The fourth-order valence-electron chi connectivity index (χ4n) is 2.06. The van der Waals surface area contributed by atoms with Crippen LogP contribution < -0.4 is 11.3 Å². The number of amides is 1. The second-order valence-electron chi connectivity index (χ2n) is 4.49. The highest BCUT2D eigenvalue weighted by atomic mass is 32.1. The highest BCUT2D eigenvalue weighted by Gasteiger charge is 2.18. The number of hydrogen-bond donors (Lipinski definition) is 2. The molecule has 7 nitrogen and oxygen atoms in total. The first-order chi connectivity index (χ1) is 9.74. The quantitative estimate of drug-likeness (QED) is 0.428. The molecule has 112 valence electrons. The maximum absolute atomic E-state index is 11.7. The third-order valence-electron chi connectivity index (χ3n) is 3.11. The monoisotopic (exact) mass is 300 g/mol. The van der Waals surface area contributed by atoms with E-state index in [9.17, 15) is 4.79 Å². The number of carbonyl (C=O) groups excluding carboxylic acids is 1. The Balaban J connectivity index is 1.98. The van der Waals surface area contributed by atoms with Gasteiger partial charge in [0.1, 0.15) is 4.88 Å². The molecule has 20 heavy (non-hydrogen) atoms. The van der Waals surface area contributed by atoms with Crippen molar-refractivity contribution in [3.8, 4) is 0 Å². The Morgan fingerprint density at radius 2 is 2.30 bits per heavy atom. The Hall–Kier alpha value is -1.06. The van der Waals surface area contributed by atoms with Gasteiger partial charge >= 0.3 is 0 Å². The molecular weight excluding hydrogens is 280 g/mol. The van der Waals surface area contributed by atoms with Gasteiger partial charge in [0.25, 0.3) is 5.91 Å². The van der Waals surface area contributed by atoms with Gasteiger partial charge in [-0.15, -0.1) is 11.3 Å². The molecule has 3 N–H and O–H groups in total. The van der Waals surface area contributed by atoms with E-state index >= 15 is 0 Å². The molecule has 2 heterocycles. The number of methoxy groups -OCH3 is 1. The molecule has 0 atom stereocenters. The van der Waals surface area contributed by atoms with Crippen molar-refractivity contribution in [3.05, 3.63) is 15.6 Å². The summed E-state index contributed by atoms with van der Waals surface area (Å²) in [4.78, 5) is 19.0. The van der Waals surface area contributed by atoms with Crippen LogP contribution in [0.15, 0.2) is 0 Å². The zero-order valence-electron chi connectivity index (χ0n) is 11.6. The summed E-state index contributed by atoms with van der Waals surface area (Å²) >= 11 is 1.38. The van der Waals surface area contributed by atoms with Crippen LogP contribution in [-0.4, -0.2) is 55.7 Å². The molecule has 0 unspecified atom stereocenters. The van der Waals surface area contributed by atoms with Crippen LogP contribution in [0.2, 0.25) is 0 Å². The lowest BCUT2D eigenvalue weighted by Gasteiger charge is -2.25. The second kappa shape index (κ2) is 7.65. The third kappa shape index (κ3) is 3.97. The van der Waals surface area contributed by atoms with Gasteiger partial charge in [-0.05, 0) is 0 Å². The van der Waals surface area contributed by atoms with Crippen LogP contribution in [0.5, 0.6) is 0 Å². The lowest BCUT2D eigenvalue weighted by Crippen LogP contribution is -2.37. The molecule has 1 amide bonds. The first-order valence-electron chi connectivity index (χ1n) is 6.53. The lowest BCUT2D eigenvalue weighted by molar-refractivity contribution is 0.0384. The van der Waals surface area contributed by atoms with Crippen LogP contribution in [0.4, 0.5) is 0 Å². The molecule has 1 saturated heterocycles. The first kappa shape index (κ1) is 15.3. The molecule has 1 aliphatic rings. The number of hydrazine groups is 1. The molecule has 0 aromatic carbocycles. The molecule has 0 spiro atoms. The van der Waals surface area contributed by atoms with Crippen LogP contribution in [0.3, 0.4) is 0 Å². The Bertz CT molecular complexity index is 446. The van der Waals surface area contributed by atoms with Crippen molar-refractivity contribution in [2.24, 2.45) is 5.84 Å². The minimum Gasteiger partial charge on any atom is -0.379 e. The number of thiazole rings is 1. The van der Waals surface area contributed by atoms with Crippen molar-refractivity contribution in [1.29, 1.82) is 0 Å². The standard InChI is InChI=1S/C12H20N4O3S/c1-18-8-9-11(12(17)15-13)20-10(14-9)2-3-16-4-6-19-7-5-16/h2-8,13H2,1H3,(H,15,17). The van der Waals surface area contributed by atoms with Crippen molar-refractivity contribution in [2.75, 3.05) is 40.0 Å². The van der Waals surface area contributed by atoms with Gasteiger partial charge in [-0.1, -0.05) is 0 Å². The zero-order chi connectivity index (χ0) is 14.4. The summed E-state index contributed by atoms with van der Waals surface area (Å²) in [5.41, 5.74) is 2.80. The number of carbonyl (C=O) groups is 1. The van der Waals surface area contributed by atoms with E-state index in [-0.39, 0.29) is 5.91 Å². The molecule has 1 fully saturated rings. The maximum atomic E-state index is 11.7. The molecule has 1 aromatic heterocycles. The molecule has 0 radical (unpaired) electrons. The highest BCUT2D eigenvalue weighted by molar-refractivity contribution is 7.13. The van der Waals surface area contributed by atoms with Crippen molar-refractivity contribution < 1.29 is 14.3 Å². The number of nitrogens with two attached hydrogens (primary N) is 1. The molecule has 0 saturated carbocycles. The number of hydrogen-bond acceptors (Lipinski definition) is 7. The van der Waals surface area contributed by atoms with E-state index in [4.69, 9.17) is 15.3 Å². The van der Waals surface area contributed by atoms with Crippen molar-refractivity contribution in [3.63, 3.8) is 0 Å². The smallest absolute Gasteiger partial charge is 0.277 e. The van der Waals surface area contributed by atoms with E-state index < -0.39 is 0 Å². The van der Waals surface area contributed by atoms with E-state index in [1.165, 1.54) is 11.3 Å². The SMILES string of the molecule is COCc1nc(CCN2CCOCC2)sc1C(=O)NN. The van der Waals surface area contributed by atoms with E-state index in [1.807, 2.05) is 0 Å². The summed E-state index contributed by atoms with van der Waals surface area (Å²) in [6.07, 6.45) is 0.819. The minimum absolute atomic E-state index is 0.313. The average molecular weight is 300 g/mol. The minimum atomic E-state index is -0.313. The number of rotatable bonds is 6. The normalized spacial score (nSPS) is 16.3. The van der Waals surface area contributed by atoms with Gasteiger partial charge < -0.3 is 9.47 Å². The van der Waals surface area contributed by atoms with Gasteiger partial charge in [0.2, 0.25) is 0 Å². The third-order valence-corrected chi connectivity index (χ3v) is 4.26. The summed E-state index contributed by atoms with van der Waals surface area (Å²) in [6.45, 7) is 4.71. The highest BCUT2D eigenvalue weighted by Crippen LogP contribution is 2.20. The van der Waals surface area contributed by atoms with Gasteiger partial charge in [0.15, 0.2) is 0 Å². The molecule has 1 aromatic rings. The van der Waals surface area contributed by atoms with Crippen LogP contribution in [0.1, 0.15) is 20.4 Å². The van der Waals surface area contributed by atoms with Crippen LogP contribution in [0, 0.1) is 0 Å². The Kier molecular flexibility index (Phi) is 5.86. The van der Waals surface area contributed by atoms with Gasteiger partial charge in [-0.3, -0.25) is 15.1 Å².